The van der Waals surface area contributed by atoms with Crippen molar-refractivity contribution in [1.29, 1.82) is 0 Å². The third kappa shape index (κ3) is 2.07. The number of halogens is 1. The fraction of sp³-hybridized carbons (Fsp3) is 0.250. The van der Waals surface area contributed by atoms with Gasteiger partial charge in [-0.1, -0.05) is 22.9 Å². The third-order valence-electron chi connectivity index (χ3n) is 3.35. The van der Waals surface area contributed by atoms with Crippen LogP contribution < -0.4 is 0 Å². The van der Waals surface area contributed by atoms with E-state index in [1.807, 2.05) is 0 Å². The first kappa shape index (κ1) is 12.7. The van der Waals surface area contributed by atoms with Crippen LogP contribution in [0.3, 0.4) is 0 Å². The highest BCUT2D eigenvalue weighted by molar-refractivity contribution is 7.19. The van der Waals surface area contributed by atoms with Gasteiger partial charge in [-0.2, -0.15) is 9.61 Å². The highest BCUT2D eigenvalue weighted by Crippen LogP contribution is 2.40. The molecule has 1 aliphatic carbocycles. The molecule has 2 aromatic heterocycles. The molecule has 9 heteroatoms. The molecule has 0 amide bonds. The van der Waals surface area contributed by atoms with Crippen LogP contribution in [-0.4, -0.2) is 24.7 Å². The van der Waals surface area contributed by atoms with E-state index >= 15 is 0 Å². The summed E-state index contributed by atoms with van der Waals surface area (Å²) in [7, 11) is 0. The van der Waals surface area contributed by atoms with Crippen molar-refractivity contribution in [1.82, 2.24) is 19.8 Å². The number of hydrogen-bond acceptors (Lipinski definition) is 6. The molecule has 0 atom stereocenters. The second-order valence-electron chi connectivity index (χ2n) is 4.86. The van der Waals surface area contributed by atoms with Gasteiger partial charge in [0, 0.05) is 23.6 Å². The van der Waals surface area contributed by atoms with Crippen LogP contribution in [0.5, 0.6) is 0 Å². The maximum Gasteiger partial charge on any atom is 0.270 e. The number of non-ortho nitro benzene ring substituents is 1. The van der Waals surface area contributed by atoms with Crippen LogP contribution in [0.2, 0.25) is 5.02 Å². The number of rotatable bonds is 3. The molecule has 3 aromatic rings. The Balaban J connectivity index is 1.86. The van der Waals surface area contributed by atoms with E-state index in [0.29, 0.717) is 26.5 Å². The van der Waals surface area contributed by atoms with Gasteiger partial charge in [0.05, 0.1) is 9.95 Å². The molecule has 7 nitrogen and oxygen atoms in total. The lowest BCUT2D eigenvalue weighted by atomic mass is 10.2. The molecule has 1 fully saturated rings. The molecule has 4 rings (SSSR count). The van der Waals surface area contributed by atoms with Crippen molar-refractivity contribution in [3.05, 3.63) is 39.2 Å². The van der Waals surface area contributed by atoms with Crippen LogP contribution in [0.25, 0.3) is 15.5 Å². The molecular formula is C12H8ClN5O2S. The third-order valence-corrected chi connectivity index (χ3v) is 4.61. The summed E-state index contributed by atoms with van der Waals surface area (Å²) in [5.74, 6) is 1.28. The van der Waals surface area contributed by atoms with Gasteiger partial charge >= 0.3 is 0 Å². The number of nitro benzene ring substituents is 1. The van der Waals surface area contributed by atoms with Crippen molar-refractivity contribution in [2.24, 2.45) is 0 Å². The first-order valence-electron chi connectivity index (χ1n) is 6.30. The van der Waals surface area contributed by atoms with Crippen molar-refractivity contribution in [2.75, 3.05) is 0 Å². The Kier molecular flexibility index (Phi) is 2.69. The molecule has 0 saturated heterocycles. The Morgan fingerprint density at radius 3 is 2.90 bits per heavy atom. The minimum absolute atomic E-state index is 0.0113. The molecule has 2 heterocycles. The lowest BCUT2D eigenvalue weighted by molar-refractivity contribution is -0.384. The first-order valence-corrected chi connectivity index (χ1v) is 7.49. The molecule has 1 aromatic carbocycles. The SMILES string of the molecule is O=[N+]([O-])c1ccc(Cl)c(-c2nn3c(C4CC4)nnc3s2)c1. The number of aromatic nitrogens is 4. The highest BCUT2D eigenvalue weighted by atomic mass is 35.5. The van der Waals surface area contributed by atoms with Crippen LogP contribution in [0.1, 0.15) is 24.6 Å². The van der Waals surface area contributed by atoms with Crippen molar-refractivity contribution in [3.63, 3.8) is 0 Å². The predicted octanol–water partition coefficient (Wildman–Crippen LogP) is 3.29. The quantitative estimate of drug-likeness (QED) is 0.545. The summed E-state index contributed by atoms with van der Waals surface area (Å²) in [6.45, 7) is 0. The predicted molar refractivity (Wildman–Crippen MR) is 77.7 cm³/mol. The molecule has 0 unspecified atom stereocenters. The van der Waals surface area contributed by atoms with Crippen LogP contribution in [0.15, 0.2) is 18.2 Å². The number of nitrogens with zero attached hydrogens (tertiary/aromatic N) is 5. The minimum atomic E-state index is -0.449. The van der Waals surface area contributed by atoms with Crippen LogP contribution >= 0.6 is 22.9 Å². The smallest absolute Gasteiger partial charge is 0.258 e. The van der Waals surface area contributed by atoms with Gasteiger partial charge in [-0.15, -0.1) is 10.2 Å². The Hall–Kier alpha value is -2.06. The molecule has 106 valence electrons. The van der Waals surface area contributed by atoms with E-state index < -0.39 is 4.92 Å². The largest absolute Gasteiger partial charge is 0.270 e. The molecule has 0 N–H and O–H groups in total. The number of fused-ring (bicyclic) bond motifs is 1. The molecular weight excluding hydrogens is 314 g/mol. The lowest BCUT2D eigenvalue weighted by Gasteiger charge is -1.99. The first-order chi connectivity index (χ1) is 10.1. The number of nitro groups is 1. The second-order valence-corrected chi connectivity index (χ2v) is 6.22. The molecule has 0 aliphatic heterocycles. The van der Waals surface area contributed by atoms with Gasteiger partial charge in [0.2, 0.25) is 4.96 Å². The summed E-state index contributed by atoms with van der Waals surface area (Å²) in [5.41, 5.74) is 0.533. The van der Waals surface area contributed by atoms with Crippen molar-refractivity contribution in [3.8, 4) is 10.6 Å². The van der Waals surface area contributed by atoms with E-state index in [1.165, 1.54) is 29.5 Å². The molecule has 21 heavy (non-hydrogen) atoms. The fourth-order valence-electron chi connectivity index (χ4n) is 2.13. The molecule has 0 bridgehead atoms. The summed E-state index contributed by atoms with van der Waals surface area (Å²) in [5, 5.41) is 24.6. The Morgan fingerprint density at radius 1 is 1.38 bits per heavy atom. The van der Waals surface area contributed by atoms with Gasteiger partial charge < -0.3 is 0 Å². The Labute approximate surface area is 127 Å². The summed E-state index contributed by atoms with van der Waals surface area (Å²) < 4.78 is 1.72. The van der Waals surface area contributed by atoms with Gasteiger partial charge in [0.25, 0.3) is 5.69 Å². The van der Waals surface area contributed by atoms with Crippen molar-refractivity contribution >= 4 is 33.6 Å². The van der Waals surface area contributed by atoms with E-state index in [4.69, 9.17) is 11.6 Å². The van der Waals surface area contributed by atoms with Crippen molar-refractivity contribution in [2.45, 2.75) is 18.8 Å². The maximum atomic E-state index is 10.9. The van der Waals surface area contributed by atoms with Crippen LogP contribution in [0.4, 0.5) is 5.69 Å². The summed E-state index contributed by atoms with van der Waals surface area (Å²) in [6.07, 6.45) is 2.20. The Morgan fingerprint density at radius 2 is 2.19 bits per heavy atom. The van der Waals surface area contributed by atoms with E-state index in [-0.39, 0.29) is 5.69 Å². The minimum Gasteiger partial charge on any atom is -0.258 e. The standard InChI is InChI=1S/C12H8ClN5O2S/c13-9-4-3-7(18(19)20)5-8(9)11-16-17-10(6-1-2-6)14-15-12(17)21-11/h3-6H,1-2H2. The average molecular weight is 322 g/mol. The molecule has 0 radical (unpaired) electrons. The van der Waals surface area contributed by atoms with E-state index in [2.05, 4.69) is 15.3 Å². The lowest BCUT2D eigenvalue weighted by Crippen LogP contribution is -1.94. The summed E-state index contributed by atoms with van der Waals surface area (Å²) in [6, 6.07) is 4.33. The molecule has 0 spiro atoms. The van der Waals surface area contributed by atoms with Gasteiger partial charge in [0.15, 0.2) is 5.82 Å². The number of benzene rings is 1. The molecule has 1 saturated carbocycles. The zero-order valence-corrected chi connectivity index (χ0v) is 12.1. The van der Waals surface area contributed by atoms with E-state index in [9.17, 15) is 10.1 Å². The van der Waals surface area contributed by atoms with Crippen LogP contribution in [-0.2, 0) is 0 Å². The monoisotopic (exact) mass is 321 g/mol. The van der Waals surface area contributed by atoms with Gasteiger partial charge in [-0.3, -0.25) is 10.1 Å². The second kappa shape index (κ2) is 4.47. The topological polar surface area (TPSA) is 86.2 Å². The molecule has 1 aliphatic rings. The Bertz CT molecular complexity index is 870. The fourth-order valence-corrected chi connectivity index (χ4v) is 3.27. The summed E-state index contributed by atoms with van der Waals surface area (Å²) in [4.78, 5) is 11.1. The normalized spacial score (nSPS) is 14.7. The summed E-state index contributed by atoms with van der Waals surface area (Å²) >= 11 is 7.47. The van der Waals surface area contributed by atoms with E-state index in [0.717, 1.165) is 18.7 Å². The zero-order valence-electron chi connectivity index (χ0n) is 10.6. The van der Waals surface area contributed by atoms with Gasteiger partial charge in [0.1, 0.15) is 5.01 Å². The zero-order chi connectivity index (χ0) is 14.6. The maximum absolute atomic E-state index is 10.9. The van der Waals surface area contributed by atoms with Crippen molar-refractivity contribution < 1.29 is 4.92 Å². The van der Waals surface area contributed by atoms with Gasteiger partial charge in [-0.25, -0.2) is 0 Å². The average Bonchev–Trinajstić information content (AvgIpc) is 3.08. The van der Waals surface area contributed by atoms with E-state index in [1.54, 1.807) is 4.52 Å². The highest BCUT2D eigenvalue weighted by Gasteiger charge is 2.30. The number of hydrogen-bond donors (Lipinski definition) is 0. The van der Waals surface area contributed by atoms with Crippen LogP contribution in [0, 0.1) is 10.1 Å². The van der Waals surface area contributed by atoms with Gasteiger partial charge in [-0.05, 0) is 18.9 Å².